The van der Waals surface area contributed by atoms with E-state index in [4.69, 9.17) is 0 Å². The van der Waals surface area contributed by atoms with Gasteiger partial charge < -0.3 is 5.32 Å². The van der Waals surface area contributed by atoms with E-state index < -0.39 is 23.5 Å². The molecule has 1 nitrogen and oxygen atoms in total. The Morgan fingerprint density at radius 1 is 1.00 bits per heavy atom. The Labute approximate surface area is 117 Å². The largest absolute Gasteiger partial charge is 0.309 e. The Morgan fingerprint density at radius 2 is 1.74 bits per heavy atom. The van der Waals surface area contributed by atoms with Crippen LogP contribution >= 0.6 is 15.9 Å². The summed E-state index contributed by atoms with van der Waals surface area (Å²) in [6, 6.07) is 7.30. The van der Waals surface area contributed by atoms with Gasteiger partial charge in [0.2, 0.25) is 0 Å². The smallest absolute Gasteiger partial charge is 0.137 e. The Kier molecular flexibility index (Phi) is 4.27. The Hall–Kier alpha value is -1.33. The van der Waals surface area contributed by atoms with E-state index in [-0.39, 0.29) is 10.0 Å². The van der Waals surface area contributed by atoms with E-state index in [2.05, 4.69) is 21.2 Å². The van der Waals surface area contributed by atoms with Gasteiger partial charge in [-0.15, -0.1) is 0 Å². The van der Waals surface area contributed by atoms with Crippen molar-refractivity contribution in [2.75, 3.05) is 7.05 Å². The van der Waals surface area contributed by atoms with Gasteiger partial charge in [-0.3, -0.25) is 0 Å². The summed E-state index contributed by atoms with van der Waals surface area (Å²) in [5.74, 6) is -1.75. The van der Waals surface area contributed by atoms with Crippen LogP contribution in [-0.2, 0) is 0 Å². The van der Waals surface area contributed by atoms with Crippen LogP contribution in [0.2, 0.25) is 0 Å². The summed E-state index contributed by atoms with van der Waals surface area (Å²) in [7, 11) is 1.63. The third-order valence-corrected chi connectivity index (χ3v) is 3.69. The zero-order chi connectivity index (χ0) is 14.0. The minimum atomic E-state index is -0.671. The van der Waals surface area contributed by atoms with Crippen LogP contribution < -0.4 is 5.32 Å². The van der Waals surface area contributed by atoms with Crippen molar-refractivity contribution >= 4 is 15.9 Å². The lowest BCUT2D eigenvalue weighted by Crippen LogP contribution is -2.19. The predicted molar refractivity (Wildman–Crippen MR) is 71.4 cm³/mol. The van der Waals surface area contributed by atoms with E-state index in [0.717, 1.165) is 6.07 Å². The van der Waals surface area contributed by atoms with Gasteiger partial charge in [0.15, 0.2) is 0 Å². The highest BCUT2D eigenvalue weighted by atomic mass is 79.9. The molecule has 0 bridgehead atoms. The second kappa shape index (κ2) is 5.75. The van der Waals surface area contributed by atoms with E-state index in [1.54, 1.807) is 19.2 Å². The van der Waals surface area contributed by atoms with Gasteiger partial charge in [0.05, 0.1) is 10.5 Å². The van der Waals surface area contributed by atoms with Crippen molar-refractivity contribution in [3.05, 3.63) is 69.4 Å². The molecule has 1 atom stereocenters. The van der Waals surface area contributed by atoms with Crippen LogP contribution in [0.25, 0.3) is 0 Å². The third kappa shape index (κ3) is 2.82. The Morgan fingerprint density at radius 3 is 2.37 bits per heavy atom. The average Bonchev–Trinajstić information content (AvgIpc) is 2.37. The molecule has 0 aliphatic heterocycles. The van der Waals surface area contributed by atoms with Crippen LogP contribution in [0.5, 0.6) is 0 Å². The van der Waals surface area contributed by atoms with E-state index in [0.29, 0.717) is 5.56 Å². The summed E-state index contributed by atoms with van der Waals surface area (Å²) in [4.78, 5) is 0. The summed E-state index contributed by atoms with van der Waals surface area (Å²) in [6.07, 6.45) is 0. The minimum absolute atomic E-state index is 0.259. The summed E-state index contributed by atoms with van der Waals surface area (Å²) >= 11 is 3.15. The molecule has 2 aromatic carbocycles. The van der Waals surface area contributed by atoms with Gasteiger partial charge in [0.25, 0.3) is 0 Å². The zero-order valence-corrected chi connectivity index (χ0v) is 11.6. The fourth-order valence-electron chi connectivity index (χ4n) is 1.96. The van der Waals surface area contributed by atoms with Crippen LogP contribution in [0.3, 0.4) is 0 Å². The first-order chi connectivity index (χ1) is 9.04. The summed E-state index contributed by atoms with van der Waals surface area (Å²) in [6.45, 7) is 0. The molecule has 2 rings (SSSR count). The summed E-state index contributed by atoms with van der Waals surface area (Å²) in [5, 5.41) is 2.90. The van der Waals surface area contributed by atoms with Crippen LogP contribution in [0, 0.1) is 17.5 Å². The molecule has 0 spiro atoms. The van der Waals surface area contributed by atoms with Crippen LogP contribution in [0.4, 0.5) is 13.2 Å². The molecule has 100 valence electrons. The standard InChI is InChI=1S/C14H11BrF3N/c1-19-14(9-6-5-8(16)7-12(9)18)10-3-2-4-11(17)13(10)15/h2-7,14,19H,1H3. The van der Waals surface area contributed by atoms with Crippen molar-refractivity contribution < 1.29 is 13.2 Å². The van der Waals surface area contributed by atoms with E-state index in [1.165, 1.54) is 18.2 Å². The van der Waals surface area contributed by atoms with Crippen molar-refractivity contribution in [1.82, 2.24) is 5.32 Å². The highest BCUT2D eigenvalue weighted by Gasteiger charge is 2.20. The summed E-state index contributed by atoms with van der Waals surface area (Å²) in [5.41, 5.74) is 0.809. The van der Waals surface area contributed by atoms with Crippen molar-refractivity contribution in [2.24, 2.45) is 0 Å². The number of halogens is 4. The second-order valence-electron chi connectivity index (χ2n) is 4.03. The third-order valence-electron chi connectivity index (χ3n) is 2.85. The van der Waals surface area contributed by atoms with E-state index in [9.17, 15) is 13.2 Å². The number of rotatable bonds is 3. The van der Waals surface area contributed by atoms with Gasteiger partial charge in [0.1, 0.15) is 17.5 Å². The van der Waals surface area contributed by atoms with Gasteiger partial charge in [0, 0.05) is 11.6 Å². The monoisotopic (exact) mass is 329 g/mol. The molecular weight excluding hydrogens is 319 g/mol. The minimum Gasteiger partial charge on any atom is -0.309 e. The van der Waals surface area contributed by atoms with E-state index in [1.807, 2.05) is 0 Å². The molecule has 0 saturated carbocycles. The van der Waals surface area contributed by atoms with Crippen molar-refractivity contribution in [2.45, 2.75) is 6.04 Å². The highest BCUT2D eigenvalue weighted by Crippen LogP contribution is 2.31. The number of benzene rings is 2. The number of hydrogen-bond acceptors (Lipinski definition) is 1. The number of nitrogens with one attached hydrogen (secondary N) is 1. The maximum atomic E-state index is 13.8. The lowest BCUT2D eigenvalue weighted by atomic mass is 9.98. The molecular formula is C14H11BrF3N. The van der Waals surface area contributed by atoms with Crippen LogP contribution in [-0.4, -0.2) is 7.05 Å². The van der Waals surface area contributed by atoms with Crippen molar-refractivity contribution in [3.8, 4) is 0 Å². The van der Waals surface area contributed by atoms with Gasteiger partial charge >= 0.3 is 0 Å². The van der Waals surface area contributed by atoms with Crippen molar-refractivity contribution in [3.63, 3.8) is 0 Å². The molecule has 1 N–H and O–H groups in total. The lowest BCUT2D eigenvalue weighted by molar-refractivity contribution is 0.548. The topological polar surface area (TPSA) is 12.0 Å². The molecule has 0 aromatic heterocycles. The first-order valence-corrected chi connectivity index (χ1v) is 6.40. The highest BCUT2D eigenvalue weighted by molar-refractivity contribution is 9.10. The quantitative estimate of drug-likeness (QED) is 0.890. The Bertz CT molecular complexity index is 601. The SMILES string of the molecule is CNC(c1ccc(F)cc1F)c1cccc(F)c1Br. The average molecular weight is 330 g/mol. The van der Waals surface area contributed by atoms with E-state index >= 15 is 0 Å². The molecule has 0 radical (unpaired) electrons. The fourth-order valence-corrected chi connectivity index (χ4v) is 2.45. The molecule has 0 aliphatic carbocycles. The maximum Gasteiger partial charge on any atom is 0.137 e. The maximum absolute atomic E-state index is 13.8. The van der Waals surface area contributed by atoms with Crippen LogP contribution in [0.1, 0.15) is 17.2 Å². The van der Waals surface area contributed by atoms with Crippen LogP contribution in [0.15, 0.2) is 40.9 Å². The van der Waals surface area contributed by atoms with Gasteiger partial charge in [-0.25, -0.2) is 13.2 Å². The fraction of sp³-hybridized carbons (Fsp3) is 0.143. The molecule has 0 aliphatic rings. The van der Waals surface area contributed by atoms with Gasteiger partial charge in [-0.1, -0.05) is 18.2 Å². The molecule has 19 heavy (non-hydrogen) atoms. The molecule has 0 saturated heterocycles. The Balaban J connectivity index is 2.53. The molecule has 0 amide bonds. The number of hydrogen-bond donors (Lipinski definition) is 1. The van der Waals surface area contributed by atoms with Gasteiger partial charge in [-0.05, 0) is 40.7 Å². The first-order valence-electron chi connectivity index (χ1n) is 5.60. The normalized spacial score (nSPS) is 12.5. The van der Waals surface area contributed by atoms with Gasteiger partial charge in [-0.2, -0.15) is 0 Å². The molecule has 5 heteroatoms. The molecule has 1 unspecified atom stereocenters. The molecule has 0 fully saturated rings. The summed E-state index contributed by atoms with van der Waals surface area (Å²) < 4.78 is 40.5. The molecule has 2 aromatic rings. The molecule has 0 heterocycles. The first kappa shape index (κ1) is 14.1. The zero-order valence-electron chi connectivity index (χ0n) is 10.1. The predicted octanol–water partition coefficient (Wildman–Crippen LogP) is 4.18. The lowest BCUT2D eigenvalue weighted by Gasteiger charge is -2.19. The second-order valence-corrected chi connectivity index (χ2v) is 4.82. The van der Waals surface area contributed by atoms with Crippen molar-refractivity contribution in [1.29, 1.82) is 0 Å².